The molecule has 0 spiro atoms. The van der Waals surface area contributed by atoms with Crippen molar-refractivity contribution in [2.45, 2.75) is 30.8 Å². The van der Waals surface area contributed by atoms with E-state index in [1.807, 2.05) is 36.4 Å². The first-order valence-corrected chi connectivity index (χ1v) is 5.91. The zero-order valence-electron chi connectivity index (χ0n) is 9.18. The van der Waals surface area contributed by atoms with Crippen molar-refractivity contribution in [3.63, 3.8) is 0 Å². The molecular formula is C12H12N2OS. The fraction of sp³-hybridized carbons (Fsp3) is 0.333. The van der Waals surface area contributed by atoms with Crippen LogP contribution >= 0.6 is 11.9 Å². The fourth-order valence-electron chi connectivity index (χ4n) is 1.70. The standard InChI is InChI=1S/C12H12N2OS/c1-8(2)14-10(7-13)12(15)9-5-3-4-6-11(9)16-14/h3-6,8,10H,1-2H3. The van der Waals surface area contributed by atoms with Crippen LogP contribution in [0.3, 0.4) is 0 Å². The summed E-state index contributed by atoms with van der Waals surface area (Å²) in [5.41, 5.74) is 0.663. The van der Waals surface area contributed by atoms with Gasteiger partial charge in [-0.15, -0.1) is 0 Å². The van der Waals surface area contributed by atoms with Gasteiger partial charge in [-0.1, -0.05) is 18.2 Å². The van der Waals surface area contributed by atoms with E-state index in [0.717, 1.165) is 4.90 Å². The van der Waals surface area contributed by atoms with Crippen molar-refractivity contribution in [2.75, 3.05) is 0 Å². The summed E-state index contributed by atoms with van der Waals surface area (Å²) < 4.78 is 1.85. The molecule has 0 radical (unpaired) electrons. The summed E-state index contributed by atoms with van der Waals surface area (Å²) in [6.07, 6.45) is 0. The third kappa shape index (κ3) is 1.73. The molecule has 0 bridgehead atoms. The van der Waals surface area contributed by atoms with E-state index in [2.05, 4.69) is 6.07 Å². The Morgan fingerprint density at radius 1 is 1.44 bits per heavy atom. The molecular weight excluding hydrogens is 220 g/mol. The molecule has 0 fully saturated rings. The van der Waals surface area contributed by atoms with E-state index in [-0.39, 0.29) is 11.8 Å². The first-order valence-electron chi connectivity index (χ1n) is 5.14. The zero-order valence-corrected chi connectivity index (χ0v) is 9.99. The summed E-state index contributed by atoms with van der Waals surface area (Å²) in [5.74, 6) is -0.0921. The van der Waals surface area contributed by atoms with Gasteiger partial charge in [-0.2, -0.15) is 5.26 Å². The lowest BCUT2D eigenvalue weighted by atomic mass is 10.0. The average Bonchev–Trinajstić information content (AvgIpc) is 2.29. The van der Waals surface area contributed by atoms with Crippen LogP contribution < -0.4 is 0 Å². The highest BCUT2D eigenvalue weighted by molar-refractivity contribution is 7.97. The second kappa shape index (κ2) is 4.28. The summed E-state index contributed by atoms with van der Waals surface area (Å²) >= 11 is 1.49. The van der Waals surface area contributed by atoms with Crippen molar-refractivity contribution in [3.05, 3.63) is 29.8 Å². The Morgan fingerprint density at radius 3 is 2.75 bits per heavy atom. The smallest absolute Gasteiger partial charge is 0.196 e. The molecule has 82 valence electrons. The lowest BCUT2D eigenvalue weighted by Crippen LogP contribution is -2.42. The number of hydrogen-bond donors (Lipinski definition) is 0. The minimum atomic E-state index is -0.667. The maximum Gasteiger partial charge on any atom is 0.196 e. The molecule has 1 aliphatic rings. The predicted molar refractivity (Wildman–Crippen MR) is 63.0 cm³/mol. The Hall–Kier alpha value is -1.31. The van der Waals surface area contributed by atoms with Gasteiger partial charge in [0.1, 0.15) is 0 Å². The van der Waals surface area contributed by atoms with E-state index >= 15 is 0 Å². The van der Waals surface area contributed by atoms with Crippen LogP contribution in [0.2, 0.25) is 0 Å². The average molecular weight is 232 g/mol. The summed E-state index contributed by atoms with van der Waals surface area (Å²) in [7, 11) is 0. The minimum absolute atomic E-state index is 0.0921. The summed E-state index contributed by atoms with van der Waals surface area (Å²) in [4.78, 5) is 13.0. The number of nitriles is 1. The maximum atomic E-state index is 12.1. The highest BCUT2D eigenvalue weighted by Gasteiger charge is 2.35. The molecule has 0 aliphatic carbocycles. The Morgan fingerprint density at radius 2 is 2.12 bits per heavy atom. The SMILES string of the molecule is CC(C)N1Sc2ccccc2C(=O)C1C#N. The minimum Gasteiger partial charge on any atom is -0.291 e. The number of rotatable bonds is 1. The monoisotopic (exact) mass is 232 g/mol. The lowest BCUT2D eigenvalue weighted by Gasteiger charge is -2.33. The third-order valence-electron chi connectivity index (χ3n) is 2.49. The molecule has 4 heteroatoms. The third-order valence-corrected chi connectivity index (χ3v) is 3.89. The Bertz CT molecular complexity index is 464. The Balaban J connectivity index is 2.46. The van der Waals surface area contributed by atoms with Crippen LogP contribution in [0.25, 0.3) is 0 Å². The van der Waals surface area contributed by atoms with E-state index in [1.165, 1.54) is 11.9 Å². The lowest BCUT2D eigenvalue weighted by molar-refractivity contribution is 0.0914. The van der Waals surface area contributed by atoms with Gasteiger partial charge in [0.15, 0.2) is 11.8 Å². The molecule has 0 N–H and O–H groups in total. The second-order valence-electron chi connectivity index (χ2n) is 3.94. The van der Waals surface area contributed by atoms with E-state index in [9.17, 15) is 4.79 Å². The molecule has 1 aromatic carbocycles. The molecule has 0 amide bonds. The number of hydrogen-bond acceptors (Lipinski definition) is 4. The van der Waals surface area contributed by atoms with Gasteiger partial charge in [0.25, 0.3) is 0 Å². The zero-order chi connectivity index (χ0) is 11.7. The topological polar surface area (TPSA) is 44.1 Å². The number of nitrogens with zero attached hydrogens (tertiary/aromatic N) is 2. The molecule has 0 saturated heterocycles. The molecule has 1 unspecified atom stereocenters. The Labute approximate surface area is 99.2 Å². The molecule has 3 nitrogen and oxygen atoms in total. The van der Waals surface area contributed by atoms with Gasteiger partial charge in [-0.05, 0) is 31.9 Å². The molecule has 1 heterocycles. The molecule has 0 saturated carbocycles. The van der Waals surface area contributed by atoms with Gasteiger partial charge in [0, 0.05) is 16.5 Å². The highest BCUT2D eigenvalue weighted by atomic mass is 32.2. The molecule has 1 atom stereocenters. The van der Waals surface area contributed by atoms with Crippen molar-refractivity contribution < 1.29 is 4.79 Å². The molecule has 1 aliphatic heterocycles. The highest BCUT2D eigenvalue weighted by Crippen LogP contribution is 2.36. The van der Waals surface area contributed by atoms with Crippen LogP contribution in [0.15, 0.2) is 29.2 Å². The maximum absolute atomic E-state index is 12.1. The summed E-state index contributed by atoms with van der Waals surface area (Å²) in [5, 5.41) is 9.08. The summed E-state index contributed by atoms with van der Waals surface area (Å²) in [6, 6.07) is 9.01. The molecule has 0 aromatic heterocycles. The van der Waals surface area contributed by atoms with Crippen LogP contribution in [0.1, 0.15) is 24.2 Å². The first-order chi connectivity index (χ1) is 7.65. The van der Waals surface area contributed by atoms with Crippen LogP contribution in [0.4, 0.5) is 0 Å². The van der Waals surface area contributed by atoms with E-state index in [4.69, 9.17) is 5.26 Å². The molecule has 1 aromatic rings. The second-order valence-corrected chi connectivity index (χ2v) is 4.98. The summed E-state index contributed by atoms with van der Waals surface area (Å²) in [6.45, 7) is 3.97. The van der Waals surface area contributed by atoms with Crippen molar-refractivity contribution in [3.8, 4) is 6.07 Å². The van der Waals surface area contributed by atoms with Crippen molar-refractivity contribution in [1.29, 1.82) is 5.26 Å². The van der Waals surface area contributed by atoms with Crippen LogP contribution in [0, 0.1) is 11.3 Å². The quantitative estimate of drug-likeness (QED) is 0.698. The van der Waals surface area contributed by atoms with Crippen LogP contribution in [0.5, 0.6) is 0 Å². The number of benzene rings is 1. The fourth-order valence-corrected chi connectivity index (χ4v) is 2.79. The first kappa shape index (κ1) is 11.2. The van der Waals surface area contributed by atoms with Crippen LogP contribution in [-0.4, -0.2) is 22.2 Å². The van der Waals surface area contributed by atoms with Gasteiger partial charge in [-0.3, -0.25) is 4.79 Å². The van der Waals surface area contributed by atoms with Gasteiger partial charge in [0.2, 0.25) is 0 Å². The van der Waals surface area contributed by atoms with Crippen molar-refractivity contribution in [1.82, 2.24) is 4.31 Å². The van der Waals surface area contributed by atoms with Crippen molar-refractivity contribution in [2.24, 2.45) is 0 Å². The van der Waals surface area contributed by atoms with Crippen molar-refractivity contribution >= 4 is 17.7 Å². The number of carbonyl (C=O) groups is 1. The van der Waals surface area contributed by atoms with E-state index in [0.29, 0.717) is 5.56 Å². The van der Waals surface area contributed by atoms with Crippen LogP contribution in [-0.2, 0) is 0 Å². The number of Topliss-reactive ketones (excluding diaryl/α,β-unsaturated/α-hetero) is 1. The van der Waals surface area contributed by atoms with Gasteiger partial charge < -0.3 is 0 Å². The predicted octanol–water partition coefficient (Wildman–Crippen LogP) is 2.49. The van der Waals surface area contributed by atoms with Gasteiger partial charge in [0.05, 0.1) is 6.07 Å². The van der Waals surface area contributed by atoms with E-state index < -0.39 is 6.04 Å². The normalized spacial score (nSPS) is 20.6. The Kier molecular flexibility index (Phi) is 2.99. The van der Waals surface area contributed by atoms with Gasteiger partial charge in [-0.25, -0.2) is 4.31 Å². The largest absolute Gasteiger partial charge is 0.291 e. The molecule has 16 heavy (non-hydrogen) atoms. The van der Waals surface area contributed by atoms with E-state index in [1.54, 1.807) is 6.07 Å². The number of fused-ring (bicyclic) bond motifs is 1. The molecule has 2 rings (SSSR count). The van der Waals surface area contributed by atoms with Gasteiger partial charge >= 0.3 is 0 Å². The number of carbonyl (C=O) groups excluding carboxylic acids is 1. The number of ketones is 1.